The summed E-state index contributed by atoms with van der Waals surface area (Å²) in [4.78, 5) is 45.7. The molecule has 3 heterocycles. The fourth-order valence-corrected chi connectivity index (χ4v) is 7.13. The molecule has 0 unspecified atom stereocenters. The lowest BCUT2D eigenvalue weighted by molar-refractivity contribution is -0.121. The summed E-state index contributed by atoms with van der Waals surface area (Å²) in [5.74, 6) is -1.89. The Morgan fingerprint density at radius 2 is 1.46 bits per heavy atom. The van der Waals surface area contributed by atoms with Gasteiger partial charge in [-0.05, 0) is 84.8 Å². The molecule has 1 saturated heterocycles. The van der Waals surface area contributed by atoms with Gasteiger partial charge < -0.3 is 10.2 Å². The molecule has 1 spiro atoms. The number of anilines is 2. The maximum Gasteiger partial charge on any atom is 0.238 e. The summed E-state index contributed by atoms with van der Waals surface area (Å²) >= 11 is 12.3. The van der Waals surface area contributed by atoms with E-state index in [4.69, 9.17) is 23.2 Å². The summed E-state index contributed by atoms with van der Waals surface area (Å²) in [5, 5.41) is 4.04. The van der Waals surface area contributed by atoms with Crippen LogP contribution in [0.3, 0.4) is 0 Å². The van der Waals surface area contributed by atoms with Gasteiger partial charge in [-0.25, -0.2) is 0 Å². The normalized spacial score (nSPS) is 23.6. The number of carbonyl (C=O) groups is 3. The number of ketones is 2. The highest BCUT2D eigenvalue weighted by Crippen LogP contribution is 2.58. The molecule has 5 nitrogen and oxygen atoms in total. The van der Waals surface area contributed by atoms with Gasteiger partial charge in [0.1, 0.15) is 11.5 Å². The number of aryl methyl sites for hydroxylation is 1. The molecule has 1 amide bonds. The average Bonchev–Trinajstić information content (AvgIpc) is 3.45. The lowest BCUT2D eigenvalue weighted by Crippen LogP contribution is -2.51. The molecule has 1 N–H and O–H groups in total. The van der Waals surface area contributed by atoms with E-state index in [1.54, 1.807) is 48.5 Å². The lowest BCUT2D eigenvalue weighted by atomic mass is 9.64. The zero-order chi connectivity index (χ0) is 28.5. The minimum atomic E-state index is -1.36. The van der Waals surface area contributed by atoms with E-state index in [2.05, 4.69) is 11.4 Å². The summed E-state index contributed by atoms with van der Waals surface area (Å²) in [5.41, 5.74) is 3.60. The molecule has 0 saturated carbocycles. The van der Waals surface area contributed by atoms with Crippen LogP contribution in [0.5, 0.6) is 0 Å². The van der Waals surface area contributed by atoms with Gasteiger partial charge in [-0.2, -0.15) is 0 Å². The topological polar surface area (TPSA) is 66.5 Å². The SMILES string of the molecule is Cc1ccc2c(c1)C=C[C@H]1N2[C@H](C(=O)c2ccc(Cl)cc2)[C@@H](C(=O)c2ccc(Cl)cc2)[C@]12C(=O)Nc1ccccc12. The van der Waals surface area contributed by atoms with E-state index in [1.165, 1.54) is 0 Å². The number of nitrogens with zero attached hydrogens (tertiary/aromatic N) is 1. The van der Waals surface area contributed by atoms with Crippen LogP contribution in [0.1, 0.15) is 37.4 Å². The molecular formula is C34H24Cl2N2O3. The minimum Gasteiger partial charge on any atom is -0.352 e. The van der Waals surface area contributed by atoms with Gasteiger partial charge >= 0.3 is 0 Å². The number of carbonyl (C=O) groups excluding carboxylic acids is 3. The van der Waals surface area contributed by atoms with Crippen molar-refractivity contribution in [1.29, 1.82) is 0 Å². The van der Waals surface area contributed by atoms with Gasteiger partial charge in [-0.1, -0.05) is 65.2 Å². The highest BCUT2D eigenvalue weighted by molar-refractivity contribution is 6.31. The van der Waals surface area contributed by atoms with Crippen molar-refractivity contribution >= 4 is 58.1 Å². The van der Waals surface area contributed by atoms with Crippen LogP contribution < -0.4 is 10.2 Å². The van der Waals surface area contributed by atoms with Crippen molar-refractivity contribution < 1.29 is 14.4 Å². The van der Waals surface area contributed by atoms with Crippen LogP contribution in [0.2, 0.25) is 10.0 Å². The number of hydrogen-bond acceptors (Lipinski definition) is 4. The lowest BCUT2D eigenvalue weighted by Gasteiger charge is -2.37. The number of benzene rings is 4. The fourth-order valence-electron chi connectivity index (χ4n) is 6.88. The molecule has 3 aliphatic heterocycles. The van der Waals surface area contributed by atoms with E-state index in [0.717, 1.165) is 16.8 Å². The van der Waals surface area contributed by atoms with Crippen LogP contribution in [-0.4, -0.2) is 29.6 Å². The Labute approximate surface area is 247 Å². The van der Waals surface area contributed by atoms with Crippen molar-refractivity contribution in [1.82, 2.24) is 0 Å². The van der Waals surface area contributed by atoms with Gasteiger partial charge in [-0.3, -0.25) is 14.4 Å². The minimum absolute atomic E-state index is 0.255. The highest BCUT2D eigenvalue weighted by Gasteiger charge is 2.70. The van der Waals surface area contributed by atoms with Gasteiger partial charge in [0.2, 0.25) is 5.91 Å². The number of para-hydroxylation sites is 1. The number of halogens is 2. The molecule has 7 rings (SSSR count). The summed E-state index contributed by atoms with van der Waals surface area (Å²) in [6.07, 6.45) is 3.97. The maximum absolute atomic E-state index is 14.7. The summed E-state index contributed by atoms with van der Waals surface area (Å²) in [7, 11) is 0. The van der Waals surface area contributed by atoms with E-state index in [9.17, 15) is 14.4 Å². The van der Waals surface area contributed by atoms with Gasteiger partial charge in [0, 0.05) is 32.5 Å². The molecule has 4 aromatic rings. The Bertz CT molecular complexity index is 1780. The van der Waals surface area contributed by atoms with E-state index in [1.807, 2.05) is 60.4 Å². The Balaban J connectivity index is 1.53. The summed E-state index contributed by atoms with van der Waals surface area (Å²) < 4.78 is 0. The van der Waals surface area contributed by atoms with E-state index < -0.39 is 23.4 Å². The van der Waals surface area contributed by atoms with E-state index in [-0.39, 0.29) is 17.5 Å². The molecule has 0 radical (unpaired) electrons. The quantitative estimate of drug-likeness (QED) is 0.261. The third-order valence-corrected chi connectivity index (χ3v) is 9.10. The van der Waals surface area contributed by atoms with Crippen LogP contribution in [0, 0.1) is 12.8 Å². The zero-order valence-electron chi connectivity index (χ0n) is 22.0. The van der Waals surface area contributed by atoms with E-state index in [0.29, 0.717) is 32.4 Å². The Kier molecular flexibility index (Phi) is 5.93. The van der Waals surface area contributed by atoms with Crippen LogP contribution in [0.4, 0.5) is 11.4 Å². The fraction of sp³-hybridized carbons (Fsp3) is 0.147. The number of rotatable bonds is 4. The zero-order valence-corrected chi connectivity index (χ0v) is 23.5. The molecule has 1 fully saturated rings. The molecule has 4 aromatic carbocycles. The Morgan fingerprint density at radius 3 is 2.15 bits per heavy atom. The monoisotopic (exact) mass is 578 g/mol. The second-order valence-electron chi connectivity index (χ2n) is 10.8. The highest BCUT2D eigenvalue weighted by atomic mass is 35.5. The van der Waals surface area contributed by atoms with Crippen LogP contribution in [-0.2, 0) is 10.2 Å². The van der Waals surface area contributed by atoms with Crippen LogP contribution in [0.15, 0.2) is 97.1 Å². The second kappa shape index (κ2) is 9.44. The average molecular weight is 579 g/mol. The Hall–Kier alpha value is -4.19. The summed E-state index contributed by atoms with van der Waals surface area (Å²) in [6.45, 7) is 2.01. The molecule has 3 aliphatic rings. The molecule has 0 aliphatic carbocycles. The predicted octanol–water partition coefficient (Wildman–Crippen LogP) is 7.16. The number of fused-ring (bicyclic) bond motifs is 6. The van der Waals surface area contributed by atoms with Gasteiger partial charge in [-0.15, -0.1) is 0 Å². The van der Waals surface area contributed by atoms with Crippen LogP contribution >= 0.6 is 23.2 Å². The van der Waals surface area contributed by atoms with Crippen LogP contribution in [0.25, 0.3) is 6.08 Å². The number of amides is 1. The number of Topliss-reactive ketones (excluding diaryl/α,β-unsaturated/α-hetero) is 2. The summed E-state index contributed by atoms with van der Waals surface area (Å²) in [6, 6.07) is 25.2. The molecule has 202 valence electrons. The van der Waals surface area contributed by atoms with Crippen molar-refractivity contribution in [3.05, 3.63) is 135 Å². The first-order valence-corrected chi connectivity index (χ1v) is 14.1. The van der Waals surface area contributed by atoms with Crippen molar-refractivity contribution in [2.24, 2.45) is 5.92 Å². The predicted molar refractivity (Wildman–Crippen MR) is 162 cm³/mol. The van der Waals surface area contributed by atoms with Crippen molar-refractivity contribution in [2.75, 3.05) is 10.2 Å². The van der Waals surface area contributed by atoms with Crippen molar-refractivity contribution in [3.63, 3.8) is 0 Å². The first-order chi connectivity index (χ1) is 19.8. The number of hydrogen-bond donors (Lipinski definition) is 1. The maximum atomic E-state index is 14.7. The second-order valence-corrected chi connectivity index (χ2v) is 11.7. The van der Waals surface area contributed by atoms with Crippen molar-refractivity contribution in [2.45, 2.75) is 24.4 Å². The standard InChI is InChI=1S/C34H24Cl2N2O3/c1-19-6-16-27-22(18-19)11-17-28-34(25-4-2-3-5-26(25)37-33(34)41)29(31(39)20-7-12-23(35)13-8-20)30(38(27)28)32(40)21-9-14-24(36)15-10-21/h2-18,28-30H,1H3,(H,37,41)/t28-,29+,30+,34-/m1/s1. The van der Waals surface area contributed by atoms with Gasteiger partial charge in [0.25, 0.3) is 0 Å². The Morgan fingerprint density at radius 1 is 0.829 bits per heavy atom. The largest absolute Gasteiger partial charge is 0.352 e. The van der Waals surface area contributed by atoms with Gasteiger partial charge in [0.05, 0.1) is 12.0 Å². The molecule has 0 bridgehead atoms. The molecular weight excluding hydrogens is 555 g/mol. The molecule has 4 atom stereocenters. The van der Waals surface area contributed by atoms with E-state index >= 15 is 0 Å². The third-order valence-electron chi connectivity index (χ3n) is 8.60. The molecule has 7 heteroatoms. The third kappa shape index (κ3) is 3.73. The van der Waals surface area contributed by atoms with Gasteiger partial charge in [0.15, 0.2) is 11.6 Å². The smallest absolute Gasteiger partial charge is 0.238 e. The molecule has 41 heavy (non-hydrogen) atoms. The first kappa shape index (κ1) is 25.8. The number of nitrogens with one attached hydrogen (secondary N) is 1. The first-order valence-electron chi connectivity index (χ1n) is 13.4. The molecule has 0 aromatic heterocycles. The van der Waals surface area contributed by atoms with Crippen molar-refractivity contribution in [3.8, 4) is 0 Å².